The fraction of sp³-hybridized carbons (Fsp3) is 0.632. The van der Waals surface area contributed by atoms with Gasteiger partial charge in [0.05, 0.1) is 6.61 Å². The Morgan fingerprint density at radius 3 is 2.62 bits per heavy atom. The van der Waals surface area contributed by atoms with Crippen molar-refractivity contribution in [1.82, 2.24) is 10.2 Å². The lowest BCUT2D eigenvalue weighted by molar-refractivity contribution is 0.179. The van der Waals surface area contributed by atoms with E-state index >= 15 is 0 Å². The SMILES string of the molecule is COCC(C)NC(N)=NCCc1ccc(OCCN2CCCC2)cc1.I. The Kier molecular flexibility index (Phi) is 11.6. The van der Waals surface area contributed by atoms with Crippen LogP contribution in [0.15, 0.2) is 29.3 Å². The molecule has 26 heavy (non-hydrogen) atoms. The number of hydrogen-bond donors (Lipinski definition) is 2. The standard InChI is InChI=1S/C19H32N4O2.HI/c1-16(15-24-2)22-19(20)21-10-9-17-5-7-18(8-6-17)25-14-13-23-11-3-4-12-23;/h5-8,16H,3-4,9-15H2,1-2H3,(H3,20,21,22);1H. The molecule has 3 N–H and O–H groups in total. The second-order valence-electron chi connectivity index (χ2n) is 6.56. The van der Waals surface area contributed by atoms with Gasteiger partial charge in [-0.15, -0.1) is 24.0 Å². The molecule has 0 radical (unpaired) electrons. The van der Waals surface area contributed by atoms with E-state index in [4.69, 9.17) is 15.2 Å². The Morgan fingerprint density at radius 1 is 1.27 bits per heavy atom. The van der Waals surface area contributed by atoms with Gasteiger partial charge in [-0.1, -0.05) is 12.1 Å². The lowest BCUT2D eigenvalue weighted by atomic mass is 10.1. The van der Waals surface area contributed by atoms with Gasteiger partial charge in [-0.25, -0.2) is 0 Å². The minimum Gasteiger partial charge on any atom is -0.492 e. The number of hydrogen-bond acceptors (Lipinski definition) is 4. The summed E-state index contributed by atoms with van der Waals surface area (Å²) in [5, 5.41) is 3.10. The van der Waals surface area contributed by atoms with E-state index in [0.717, 1.165) is 25.3 Å². The van der Waals surface area contributed by atoms with Crippen LogP contribution in [0.1, 0.15) is 25.3 Å². The zero-order chi connectivity index (χ0) is 17.9. The maximum absolute atomic E-state index is 5.86. The third kappa shape index (κ3) is 9.05. The molecule has 2 rings (SSSR count). The van der Waals surface area contributed by atoms with E-state index in [1.165, 1.54) is 31.5 Å². The number of guanidine groups is 1. The zero-order valence-corrected chi connectivity index (χ0v) is 18.3. The first-order valence-electron chi connectivity index (χ1n) is 9.17. The van der Waals surface area contributed by atoms with Crippen molar-refractivity contribution < 1.29 is 9.47 Å². The van der Waals surface area contributed by atoms with Crippen LogP contribution in [-0.2, 0) is 11.2 Å². The van der Waals surface area contributed by atoms with Gasteiger partial charge in [0.2, 0.25) is 0 Å². The normalized spacial score (nSPS) is 16.2. The van der Waals surface area contributed by atoms with E-state index in [1.807, 2.05) is 19.1 Å². The van der Waals surface area contributed by atoms with Crippen LogP contribution in [0.5, 0.6) is 5.75 Å². The molecule has 1 fully saturated rings. The van der Waals surface area contributed by atoms with Crippen LogP contribution < -0.4 is 15.8 Å². The molecule has 1 aromatic rings. The molecule has 1 saturated heterocycles. The van der Waals surface area contributed by atoms with Gasteiger partial charge >= 0.3 is 0 Å². The maximum atomic E-state index is 5.86. The first kappa shape index (κ1) is 23.0. The molecule has 0 aliphatic carbocycles. The van der Waals surface area contributed by atoms with Crippen molar-refractivity contribution in [1.29, 1.82) is 0 Å². The maximum Gasteiger partial charge on any atom is 0.188 e. The number of nitrogens with one attached hydrogen (secondary N) is 1. The van der Waals surface area contributed by atoms with Crippen molar-refractivity contribution in [2.45, 2.75) is 32.2 Å². The first-order chi connectivity index (χ1) is 12.2. The molecular weight excluding hydrogens is 443 g/mol. The molecule has 0 saturated carbocycles. The predicted molar refractivity (Wildman–Crippen MR) is 118 cm³/mol. The highest BCUT2D eigenvalue weighted by Crippen LogP contribution is 2.13. The molecule has 1 aliphatic rings. The molecule has 1 unspecified atom stereocenters. The van der Waals surface area contributed by atoms with Gasteiger partial charge in [0.25, 0.3) is 0 Å². The Balaban J connectivity index is 0.00000338. The molecular formula is C19H33IN4O2. The van der Waals surface area contributed by atoms with Gasteiger partial charge in [0, 0.05) is 26.2 Å². The van der Waals surface area contributed by atoms with Crippen LogP contribution in [0.3, 0.4) is 0 Å². The predicted octanol–water partition coefficient (Wildman–Crippen LogP) is 2.26. The van der Waals surface area contributed by atoms with Crippen molar-refractivity contribution in [2.24, 2.45) is 10.7 Å². The van der Waals surface area contributed by atoms with Gasteiger partial charge in [-0.2, -0.15) is 0 Å². The fourth-order valence-corrected chi connectivity index (χ4v) is 2.95. The molecule has 1 aliphatic heterocycles. The third-order valence-corrected chi connectivity index (χ3v) is 4.29. The Labute approximate surface area is 174 Å². The highest BCUT2D eigenvalue weighted by Gasteiger charge is 2.10. The van der Waals surface area contributed by atoms with Gasteiger partial charge in [0.1, 0.15) is 12.4 Å². The largest absolute Gasteiger partial charge is 0.492 e. The lowest BCUT2D eigenvalue weighted by Gasteiger charge is -2.15. The summed E-state index contributed by atoms with van der Waals surface area (Å²) in [4.78, 5) is 6.81. The number of likely N-dealkylation sites (tertiary alicyclic amines) is 1. The first-order valence-corrected chi connectivity index (χ1v) is 9.17. The van der Waals surface area contributed by atoms with Gasteiger partial charge in [0.15, 0.2) is 5.96 Å². The topological polar surface area (TPSA) is 72.1 Å². The quantitative estimate of drug-likeness (QED) is 0.308. The molecule has 0 aromatic heterocycles. The monoisotopic (exact) mass is 476 g/mol. The van der Waals surface area contributed by atoms with E-state index in [0.29, 0.717) is 19.1 Å². The minimum atomic E-state index is 0. The number of benzene rings is 1. The summed E-state index contributed by atoms with van der Waals surface area (Å²) >= 11 is 0. The second-order valence-corrected chi connectivity index (χ2v) is 6.56. The summed E-state index contributed by atoms with van der Waals surface area (Å²) in [7, 11) is 1.67. The fourth-order valence-electron chi connectivity index (χ4n) is 2.95. The molecule has 148 valence electrons. The molecule has 1 aromatic carbocycles. The Bertz CT molecular complexity index is 519. The zero-order valence-electron chi connectivity index (χ0n) is 15.9. The summed E-state index contributed by atoms with van der Waals surface area (Å²) in [6, 6.07) is 8.41. The van der Waals surface area contributed by atoms with Crippen LogP contribution in [0.4, 0.5) is 0 Å². The lowest BCUT2D eigenvalue weighted by Crippen LogP contribution is -2.40. The van der Waals surface area contributed by atoms with E-state index in [-0.39, 0.29) is 30.0 Å². The van der Waals surface area contributed by atoms with Crippen LogP contribution >= 0.6 is 24.0 Å². The Hall–Kier alpha value is -1.06. The summed E-state index contributed by atoms with van der Waals surface area (Å²) in [5.41, 5.74) is 7.09. The highest BCUT2D eigenvalue weighted by molar-refractivity contribution is 14.0. The molecule has 7 heteroatoms. The summed E-state index contributed by atoms with van der Waals surface area (Å²) in [6.45, 7) is 7.48. The number of nitrogens with two attached hydrogens (primary N) is 1. The average Bonchev–Trinajstić information content (AvgIpc) is 3.10. The summed E-state index contributed by atoms with van der Waals surface area (Å²) in [5.74, 6) is 1.40. The van der Waals surface area contributed by atoms with Crippen molar-refractivity contribution in [3.8, 4) is 5.75 Å². The van der Waals surface area contributed by atoms with E-state index < -0.39 is 0 Å². The third-order valence-electron chi connectivity index (χ3n) is 4.29. The second kappa shape index (κ2) is 13.2. The van der Waals surface area contributed by atoms with Crippen LogP contribution in [0.25, 0.3) is 0 Å². The van der Waals surface area contributed by atoms with Crippen LogP contribution in [-0.4, -0.2) is 63.4 Å². The number of nitrogens with zero attached hydrogens (tertiary/aromatic N) is 2. The van der Waals surface area contributed by atoms with Crippen LogP contribution in [0.2, 0.25) is 0 Å². The van der Waals surface area contributed by atoms with Crippen molar-refractivity contribution >= 4 is 29.9 Å². The van der Waals surface area contributed by atoms with Crippen LogP contribution in [0, 0.1) is 0 Å². The smallest absolute Gasteiger partial charge is 0.188 e. The molecule has 0 bridgehead atoms. The van der Waals surface area contributed by atoms with E-state index in [9.17, 15) is 0 Å². The highest BCUT2D eigenvalue weighted by atomic mass is 127. The van der Waals surface area contributed by atoms with Crippen molar-refractivity contribution in [3.05, 3.63) is 29.8 Å². The van der Waals surface area contributed by atoms with Gasteiger partial charge in [-0.05, 0) is 57.0 Å². The molecule has 6 nitrogen and oxygen atoms in total. The molecule has 0 spiro atoms. The summed E-state index contributed by atoms with van der Waals surface area (Å²) in [6.07, 6.45) is 3.50. The van der Waals surface area contributed by atoms with Crippen molar-refractivity contribution in [2.75, 3.05) is 46.5 Å². The number of methoxy groups -OCH3 is 1. The van der Waals surface area contributed by atoms with Gasteiger partial charge < -0.3 is 20.5 Å². The van der Waals surface area contributed by atoms with E-state index in [2.05, 4.69) is 27.3 Å². The van der Waals surface area contributed by atoms with E-state index in [1.54, 1.807) is 7.11 Å². The number of halogens is 1. The molecule has 1 atom stereocenters. The Morgan fingerprint density at radius 2 is 1.96 bits per heavy atom. The minimum absolute atomic E-state index is 0. The number of rotatable bonds is 10. The number of aliphatic imine (C=N–C) groups is 1. The molecule has 1 heterocycles. The van der Waals surface area contributed by atoms with Gasteiger partial charge in [-0.3, -0.25) is 9.89 Å². The average molecular weight is 476 g/mol. The number of ether oxygens (including phenoxy) is 2. The van der Waals surface area contributed by atoms with Crippen molar-refractivity contribution in [3.63, 3.8) is 0 Å². The summed E-state index contributed by atoms with van der Waals surface area (Å²) < 4.78 is 10.9. The molecule has 0 amide bonds.